The predicted octanol–water partition coefficient (Wildman–Crippen LogP) is 1.70. The monoisotopic (exact) mass is 193 g/mol. The van der Waals surface area contributed by atoms with Gasteiger partial charge >= 0.3 is 6.09 Å². The van der Waals surface area contributed by atoms with Gasteiger partial charge in [-0.1, -0.05) is 24.3 Å². The first-order valence-electron chi connectivity index (χ1n) is 4.37. The standard InChI is InChI=1S/C10H11NO3/c1-13-14-10(12)11-6-8-4-2-3-5-9(8)7-11/h2-5H,6-7H2,1H3. The number of carbonyl (C=O) groups is 1. The molecule has 0 aromatic heterocycles. The molecule has 1 aliphatic heterocycles. The second-order valence-corrected chi connectivity index (χ2v) is 3.14. The van der Waals surface area contributed by atoms with Crippen molar-refractivity contribution in [3.05, 3.63) is 35.4 Å². The van der Waals surface area contributed by atoms with E-state index in [0.29, 0.717) is 13.1 Å². The molecule has 1 aromatic rings. The smallest absolute Gasteiger partial charge is 0.297 e. The van der Waals surface area contributed by atoms with E-state index in [4.69, 9.17) is 0 Å². The average Bonchev–Trinajstić information content (AvgIpc) is 2.61. The van der Waals surface area contributed by atoms with E-state index in [2.05, 4.69) is 9.78 Å². The van der Waals surface area contributed by atoms with E-state index in [0.717, 1.165) is 0 Å². The molecule has 0 radical (unpaired) electrons. The van der Waals surface area contributed by atoms with Gasteiger partial charge in [0.1, 0.15) is 0 Å². The molecule has 4 nitrogen and oxygen atoms in total. The highest BCUT2D eigenvalue weighted by Crippen LogP contribution is 2.22. The minimum atomic E-state index is -0.441. The van der Waals surface area contributed by atoms with E-state index in [1.165, 1.54) is 18.2 Å². The lowest BCUT2D eigenvalue weighted by atomic mass is 10.1. The molecule has 14 heavy (non-hydrogen) atoms. The fourth-order valence-electron chi connectivity index (χ4n) is 1.59. The summed E-state index contributed by atoms with van der Waals surface area (Å²) in [5, 5.41) is 0. The molecule has 74 valence electrons. The molecule has 0 saturated heterocycles. The molecule has 0 bridgehead atoms. The van der Waals surface area contributed by atoms with E-state index in [-0.39, 0.29) is 0 Å². The van der Waals surface area contributed by atoms with E-state index >= 15 is 0 Å². The molecule has 1 aliphatic rings. The van der Waals surface area contributed by atoms with Crippen LogP contribution in [0.3, 0.4) is 0 Å². The van der Waals surface area contributed by atoms with Crippen molar-refractivity contribution < 1.29 is 14.6 Å². The third-order valence-electron chi connectivity index (χ3n) is 2.25. The molecule has 4 heteroatoms. The molecular weight excluding hydrogens is 182 g/mol. The van der Waals surface area contributed by atoms with E-state index in [1.54, 1.807) is 4.90 Å². The van der Waals surface area contributed by atoms with Gasteiger partial charge in [-0.2, -0.15) is 4.89 Å². The largest absolute Gasteiger partial charge is 0.441 e. The molecule has 0 unspecified atom stereocenters. The normalized spacial score (nSPS) is 13.9. The molecule has 2 rings (SSSR count). The van der Waals surface area contributed by atoms with Crippen LogP contribution < -0.4 is 0 Å². The summed E-state index contributed by atoms with van der Waals surface area (Å²) < 4.78 is 0. The van der Waals surface area contributed by atoms with Gasteiger partial charge in [-0.15, -0.1) is 0 Å². The molecule has 0 atom stereocenters. The quantitative estimate of drug-likeness (QED) is 0.503. The number of benzene rings is 1. The van der Waals surface area contributed by atoms with Crippen LogP contribution in [0.1, 0.15) is 11.1 Å². The SMILES string of the molecule is COOC(=O)N1Cc2ccccc2C1. The lowest BCUT2D eigenvalue weighted by molar-refractivity contribution is -0.221. The summed E-state index contributed by atoms with van der Waals surface area (Å²) in [6, 6.07) is 7.94. The van der Waals surface area contributed by atoms with Gasteiger partial charge in [-0.05, 0) is 11.1 Å². The fraction of sp³-hybridized carbons (Fsp3) is 0.300. The third kappa shape index (κ3) is 1.56. The van der Waals surface area contributed by atoms with Crippen molar-refractivity contribution in [2.24, 2.45) is 0 Å². The Morgan fingerprint density at radius 3 is 2.36 bits per heavy atom. The van der Waals surface area contributed by atoms with Crippen molar-refractivity contribution in [1.29, 1.82) is 0 Å². The number of fused-ring (bicyclic) bond motifs is 1. The summed E-state index contributed by atoms with van der Waals surface area (Å²) in [7, 11) is 1.32. The van der Waals surface area contributed by atoms with Crippen LogP contribution >= 0.6 is 0 Å². The van der Waals surface area contributed by atoms with Crippen LogP contribution in [0.15, 0.2) is 24.3 Å². The Morgan fingerprint density at radius 1 is 1.29 bits per heavy atom. The molecule has 1 amide bonds. The molecule has 0 fully saturated rings. The van der Waals surface area contributed by atoms with Crippen LogP contribution in [-0.2, 0) is 22.9 Å². The summed E-state index contributed by atoms with van der Waals surface area (Å²) in [5.74, 6) is 0. The Bertz CT molecular complexity index is 326. The first-order chi connectivity index (χ1) is 6.81. The van der Waals surface area contributed by atoms with Gasteiger partial charge in [0, 0.05) is 13.1 Å². The van der Waals surface area contributed by atoms with Crippen molar-refractivity contribution in [2.45, 2.75) is 13.1 Å². The van der Waals surface area contributed by atoms with E-state index in [1.807, 2.05) is 24.3 Å². The molecule has 1 aromatic carbocycles. The number of hydrogen-bond donors (Lipinski definition) is 0. The zero-order valence-electron chi connectivity index (χ0n) is 7.90. The van der Waals surface area contributed by atoms with Crippen molar-refractivity contribution in [3.8, 4) is 0 Å². The first kappa shape index (κ1) is 9.02. The highest BCUT2D eigenvalue weighted by molar-refractivity contribution is 5.68. The Kier molecular flexibility index (Phi) is 2.37. The van der Waals surface area contributed by atoms with Crippen LogP contribution in [-0.4, -0.2) is 18.1 Å². The number of amides is 1. The molecular formula is C10H11NO3. The van der Waals surface area contributed by atoms with Crippen LogP contribution in [0.25, 0.3) is 0 Å². The molecule has 0 N–H and O–H groups in total. The lowest BCUT2D eigenvalue weighted by Gasteiger charge is -2.12. The van der Waals surface area contributed by atoms with Gasteiger partial charge < -0.3 is 0 Å². The maximum Gasteiger partial charge on any atom is 0.441 e. The Balaban J connectivity index is 2.08. The number of nitrogens with zero attached hydrogens (tertiary/aromatic N) is 1. The van der Waals surface area contributed by atoms with Crippen LogP contribution in [0.2, 0.25) is 0 Å². The number of rotatable bonds is 1. The fourth-order valence-corrected chi connectivity index (χ4v) is 1.59. The Labute approximate surface area is 82.0 Å². The lowest BCUT2D eigenvalue weighted by Crippen LogP contribution is -2.25. The topological polar surface area (TPSA) is 38.8 Å². The zero-order valence-corrected chi connectivity index (χ0v) is 7.90. The van der Waals surface area contributed by atoms with E-state index in [9.17, 15) is 4.79 Å². The highest BCUT2D eigenvalue weighted by Gasteiger charge is 2.24. The van der Waals surface area contributed by atoms with Gasteiger partial charge in [0.2, 0.25) is 0 Å². The van der Waals surface area contributed by atoms with Crippen LogP contribution in [0.5, 0.6) is 0 Å². The first-order valence-corrected chi connectivity index (χ1v) is 4.37. The van der Waals surface area contributed by atoms with Gasteiger partial charge in [-0.3, -0.25) is 9.79 Å². The zero-order chi connectivity index (χ0) is 9.97. The average molecular weight is 193 g/mol. The second-order valence-electron chi connectivity index (χ2n) is 3.14. The molecule has 1 heterocycles. The highest BCUT2D eigenvalue weighted by atomic mass is 17.2. The Morgan fingerprint density at radius 2 is 1.86 bits per heavy atom. The summed E-state index contributed by atoms with van der Waals surface area (Å²) in [4.78, 5) is 21.7. The second kappa shape index (κ2) is 3.67. The molecule has 0 saturated carbocycles. The van der Waals surface area contributed by atoms with Crippen molar-refractivity contribution in [3.63, 3.8) is 0 Å². The summed E-state index contributed by atoms with van der Waals surface area (Å²) in [6.07, 6.45) is -0.441. The van der Waals surface area contributed by atoms with Crippen LogP contribution in [0, 0.1) is 0 Å². The van der Waals surface area contributed by atoms with Gasteiger partial charge in [0.25, 0.3) is 0 Å². The van der Waals surface area contributed by atoms with E-state index < -0.39 is 6.09 Å². The van der Waals surface area contributed by atoms with Gasteiger partial charge in [-0.25, -0.2) is 4.79 Å². The van der Waals surface area contributed by atoms with Crippen molar-refractivity contribution in [2.75, 3.05) is 7.11 Å². The Hall–Kier alpha value is -1.55. The summed E-state index contributed by atoms with van der Waals surface area (Å²) in [6.45, 7) is 1.19. The van der Waals surface area contributed by atoms with Crippen LogP contribution in [0.4, 0.5) is 4.79 Å². The van der Waals surface area contributed by atoms with Crippen molar-refractivity contribution >= 4 is 6.09 Å². The maximum absolute atomic E-state index is 11.3. The third-order valence-corrected chi connectivity index (χ3v) is 2.25. The molecule has 0 aliphatic carbocycles. The van der Waals surface area contributed by atoms with Crippen molar-refractivity contribution in [1.82, 2.24) is 4.90 Å². The minimum Gasteiger partial charge on any atom is -0.297 e. The maximum atomic E-state index is 11.3. The summed E-state index contributed by atoms with van der Waals surface area (Å²) >= 11 is 0. The predicted molar refractivity (Wildman–Crippen MR) is 49.2 cm³/mol. The number of carbonyl (C=O) groups excluding carboxylic acids is 1. The minimum absolute atomic E-state index is 0.441. The van der Waals surface area contributed by atoms with Gasteiger partial charge in [0.05, 0.1) is 7.11 Å². The summed E-state index contributed by atoms with van der Waals surface area (Å²) in [5.41, 5.74) is 2.33. The molecule has 0 spiro atoms. The van der Waals surface area contributed by atoms with Gasteiger partial charge in [0.15, 0.2) is 0 Å². The number of hydrogen-bond acceptors (Lipinski definition) is 3.